The van der Waals surface area contributed by atoms with Gasteiger partial charge in [-0.3, -0.25) is 0 Å². The molecule has 0 radical (unpaired) electrons. The molecule has 1 aliphatic carbocycles. The van der Waals surface area contributed by atoms with E-state index in [0.29, 0.717) is 23.9 Å². The third kappa shape index (κ3) is 3.48. The van der Waals surface area contributed by atoms with Gasteiger partial charge in [-0.05, 0) is 43.5 Å². The summed E-state index contributed by atoms with van der Waals surface area (Å²) in [6.45, 7) is 3.32. The van der Waals surface area contributed by atoms with Gasteiger partial charge in [-0.2, -0.15) is 0 Å². The zero-order valence-electron chi connectivity index (χ0n) is 11.4. The van der Waals surface area contributed by atoms with Crippen LogP contribution in [0.4, 0.5) is 5.69 Å². The molecule has 0 bridgehead atoms. The van der Waals surface area contributed by atoms with Gasteiger partial charge in [0.2, 0.25) is 0 Å². The Balaban J connectivity index is 2.17. The normalized spacial score (nSPS) is 15.5. The fourth-order valence-corrected chi connectivity index (χ4v) is 3.60. The first-order chi connectivity index (χ1) is 9.08. The van der Waals surface area contributed by atoms with Gasteiger partial charge in [-0.25, -0.2) is 8.42 Å². The predicted octanol–water partition coefficient (Wildman–Crippen LogP) is 1.80. The van der Waals surface area contributed by atoms with E-state index in [1.54, 1.807) is 12.1 Å². The van der Waals surface area contributed by atoms with Gasteiger partial charge in [0.25, 0.3) is 0 Å². The summed E-state index contributed by atoms with van der Waals surface area (Å²) in [7, 11) is -3.11. The van der Waals surface area contributed by atoms with E-state index in [0.717, 1.165) is 12.2 Å². The van der Waals surface area contributed by atoms with E-state index in [4.69, 9.17) is 5.73 Å². The maximum absolute atomic E-state index is 12.0. The van der Waals surface area contributed by atoms with Gasteiger partial charge in [0.05, 0.1) is 10.6 Å². The smallest absolute Gasteiger partial charge is 0.178 e. The van der Waals surface area contributed by atoms with Gasteiger partial charge in [-0.1, -0.05) is 6.92 Å². The lowest BCUT2D eigenvalue weighted by molar-refractivity contribution is 0.594. The van der Waals surface area contributed by atoms with Gasteiger partial charge in [0.15, 0.2) is 9.84 Å². The van der Waals surface area contributed by atoms with E-state index < -0.39 is 9.84 Å². The average molecular weight is 282 g/mol. The predicted molar refractivity (Wildman–Crippen MR) is 78.2 cm³/mol. The number of hydrogen-bond donors (Lipinski definition) is 1. The van der Waals surface area contributed by atoms with Crippen LogP contribution in [0.5, 0.6) is 0 Å². The highest BCUT2D eigenvalue weighted by atomic mass is 32.2. The fraction of sp³-hybridized carbons (Fsp3) is 0.571. The van der Waals surface area contributed by atoms with Crippen LogP contribution in [-0.4, -0.2) is 33.3 Å². The number of anilines is 1. The van der Waals surface area contributed by atoms with E-state index in [1.807, 2.05) is 19.1 Å². The van der Waals surface area contributed by atoms with Crippen LogP contribution in [0.1, 0.15) is 26.2 Å². The molecule has 2 rings (SSSR count). The molecular weight excluding hydrogens is 260 g/mol. The molecule has 1 saturated carbocycles. The van der Waals surface area contributed by atoms with Crippen LogP contribution in [0.2, 0.25) is 0 Å². The van der Waals surface area contributed by atoms with Crippen molar-refractivity contribution in [2.24, 2.45) is 5.73 Å². The van der Waals surface area contributed by atoms with E-state index >= 15 is 0 Å². The molecule has 0 spiro atoms. The molecule has 0 atom stereocenters. The van der Waals surface area contributed by atoms with Crippen molar-refractivity contribution in [2.75, 3.05) is 23.7 Å². The zero-order valence-corrected chi connectivity index (χ0v) is 12.2. The number of sulfone groups is 1. The van der Waals surface area contributed by atoms with Crippen LogP contribution in [0.3, 0.4) is 0 Å². The molecule has 0 aromatic heterocycles. The first-order valence-corrected chi connectivity index (χ1v) is 8.53. The van der Waals surface area contributed by atoms with Crippen LogP contribution in [-0.2, 0) is 9.84 Å². The Hall–Kier alpha value is -1.07. The summed E-state index contributed by atoms with van der Waals surface area (Å²) in [5, 5.41) is 0. The van der Waals surface area contributed by atoms with E-state index in [-0.39, 0.29) is 5.75 Å². The summed E-state index contributed by atoms with van der Waals surface area (Å²) >= 11 is 0. The molecule has 5 heteroatoms. The van der Waals surface area contributed by atoms with Gasteiger partial charge in [0.1, 0.15) is 0 Å². The second kappa shape index (κ2) is 5.92. The summed E-state index contributed by atoms with van der Waals surface area (Å²) < 4.78 is 23.9. The van der Waals surface area contributed by atoms with E-state index in [2.05, 4.69) is 4.90 Å². The highest BCUT2D eigenvalue weighted by Gasteiger charge is 2.28. The largest absolute Gasteiger partial charge is 0.367 e. The summed E-state index contributed by atoms with van der Waals surface area (Å²) in [5.41, 5.74) is 6.71. The van der Waals surface area contributed by atoms with Crippen LogP contribution < -0.4 is 10.6 Å². The average Bonchev–Trinajstić information content (AvgIpc) is 3.20. The van der Waals surface area contributed by atoms with Crippen molar-refractivity contribution >= 4 is 15.5 Å². The second-order valence-corrected chi connectivity index (χ2v) is 7.14. The highest BCUT2D eigenvalue weighted by Crippen LogP contribution is 2.31. The highest BCUT2D eigenvalue weighted by molar-refractivity contribution is 7.91. The number of hydrogen-bond acceptors (Lipinski definition) is 4. The van der Waals surface area contributed by atoms with Crippen LogP contribution >= 0.6 is 0 Å². The van der Waals surface area contributed by atoms with Crippen molar-refractivity contribution in [1.82, 2.24) is 0 Å². The molecule has 0 amide bonds. The molecule has 2 N–H and O–H groups in total. The fourth-order valence-electron chi connectivity index (χ4n) is 2.28. The van der Waals surface area contributed by atoms with E-state index in [1.165, 1.54) is 12.8 Å². The first kappa shape index (κ1) is 14.3. The Labute approximate surface area is 115 Å². The molecule has 0 saturated heterocycles. The standard InChI is InChI=1S/C14H22N2O2S/c1-2-11-19(17,18)14-7-5-13(6-8-14)16(10-9-15)12-3-4-12/h5-8,12H,2-4,9-11,15H2,1H3. The molecule has 0 unspecified atom stereocenters. The number of rotatable bonds is 7. The number of benzene rings is 1. The van der Waals surface area contributed by atoms with Crippen molar-refractivity contribution in [2.45, 2.75) is 37.1 Å². The van der Waals surface area contributed by atoms with Gasteiger partial charge < -0.3 is 10.6 Å². The van der Waals surface area contributed by atoms with Gasteiger partial charge >= 0.3 is 0 Å². The summed E-state index contributed by atoms with van der Waals surface area (Å²) in [6.07, 6.45) is 3.05. The number of nitrogens with zero attached hydrogens (tertiary/aromatic N) is 1. The molecule has 1 aliphatic rings. The Kier molecular flexibility index (Phi) is 4.47. The maximum Gasteiger partial charge on any atom is 0.178 e. The van der Waals surface area contributed by atoms with Crippen molar-refractivity contribution in [1.29, 1.82) is 0 Å². The molecule has 0 heterocycles. The first-order valence-electron chi connectivity index (χ1n) is 6.88. The van der Waals surface area contributed by atoms with Crippen molar-refractivity contribution in [3.8, 4) is 0 Å². The second-order valence-electron chi connectivity index (χ2n) is 5.03. The van der Waals surface area contributed by atoms with Crippen LogP contribution in [0, 0.1) is 0 Å². The van der Waals surface area contributed by atoms with Crippen molar-refractivity contribution in [3.63, 3.8) is 0 Å². The monoisotopic (exact) mass is 282 g/mol. The molecule has 19 heavy (non-hydrogen) atoms. The Morgan fingerprint density at radius 1 is 1.26 bits per heavy atom. The minimum atomic E-state index is -3.11. The van der Waals surface area contributed by atoms with Gasteiger partial charge in [-0.15, -0.1) is 0 Å². The quantitative estimate of drug-likeness (QED) is 0.828. The molecule has 4 nitrogen and oxygen atoms in total. The Morgan fingerprint density at radius 3 is 2.37 bits per heavy atom. The minimum absolute atomic E-state index is 0.210. The van der Waals surface area contributed by atoms with Crippen molar-refractivity contribution < 1.29 is 8.42 Å². The zero-order chi connectivity index (χ0) is 13.9. The SMILES string of the molecule is CCCS(=O)(=O)c1ccc(N(CCN)C2CC2)cc1. The lowest BCUT2D eigenvalue weighted by atomic mass is 10.3. The van der Waals surface area contributed by atoms with Crippen LogP contribution in [0.25, 0.3) is 0 Å². The van der Waals surface area contributed by atoms with Crippen molar-refractivity contribution in [3.05, 3.63) is 24.3 Å². The van der Waals surface area contributed by atoms with E-state index in [9.17, 15) is 8.42 Å². The maximum atomic E-state index is 12.0. The summed E-state index contributed by atoms with van der Waals surface area (Å²) in [5.74, 6) is 0.210. The molecule has 106 valence electrons. The Morgan fingerprint density at radius 2 is 1.89 bits per heavy atom. The lowest BCUT2D eigenvalue weighted by Crippen LogP contribution is -2.31. The molecule has 1 fully saturated rings. The summed E-state index contributed by atoms with van der Waals surface area (Å²) in [6, 6.07) is 7.81. The number of nitrogens with two attached hydrogens (primary N) is 1. The molecule has 1 aromatic rings. The Bertz CT molecular complexity index is 507. The van der Waals surface area contributed by atoms with Gasteiger partial charge in [0, 0.05) is 24.8 Å². The molecule has 1 aromatic carbocycles. The topological polar surface area (TPSA) is 63.4 Å². The summed E-state index contributed by atoms with van der Waals surface area (Å²) in [4.78, 5) is 2.69. The third-order valence-electron chi connectivity index (χ3n) is 3.36. The molecular formula is C14H22N2O2S. The molecule has 0 aliphatic heterocycles. The minimum Gasteiger partial charge on any atom is -0.367 e. The van der Waals surface area contributed by atoms with Crippen LogP contribution in [0.15, 0.2) is 29.2 Å². The third-order valence-corrected chi connectivity index (χ3v) is 5.29. The lowest BCUT2D eigenvalue weighted by Gasteiger charge is -2.24.